The van der Waals surface area contributed by atoms with Gasteiger partial charge in [-0.05, 0) is 0 Å². The van der Waals surface area contributed by atoms with Crippen LogP contribution in [0.4, 0.5) is 11.6 Å². The van der Waals surface area contributed by atoms with Crippen molar-refractivity contribution in [1.82, 2.24) is 10.2 Å². The molecule has 1 rings (SSSR count). The summed E-state index contributed by atoms with van der Waals surface area (Å²) < 4.78 is 4.81. The van der Waals surface area contributed by atoms with Gasteiger partial charge in [0, 0.05) is 0 Å². The third-order valence-electron chi connectivity index (χ3n) is 1.21. The molecule has 0 spiro atoms. The summed E-state index contributed by atoms with van der Waals surface area (Å²) in [6, 6.07) is 0. The Bertz CT molecular complexity index is 282. The molecule has 5 N–H and O–H groups in total. The van der Waals surface area contributed by atoms with Gasteiger partial charge in [0.1, 0.15) is 11.4 Å². The maximum absolute atomic E-state index is 11.1. The van der Waals surface area contributed by atoms with Crippen LogP contribution in [-0.4, -0.2) is 28.4 Å². The average Bonchev–Trinajstić information content (AvgIpc) is 2.32. The van der Waals surface area contributed by atoms with Crippen LogP contribution in [-0.2, 0) is 3.79 Å². The Balaban J connectivity index is 2.93. The van der Waals surface area contributed by atoms with Crippen molar-refractivity contribution in [1.29, 1.82) is 0 Å². The number of anilines is 2. The van der Waals surface area contributed by atoms with Crippen LogP contribution in [0.25, 0.3) is 0 Å². The van der Waals surface area contributed by atoms with Crippen LogP contribution in [0.2, 0.25) is 0 Å². The van der Waals surface area contributed by atoms with E-state index in [2.05, 4.69) is 10.2 Å². The third kappa shape index (κ3) is 1.82. The monoisotopic (exact) mass is 296 g/mol. The van der Waals surface area contributed by atoms with Crippen molar-refractivity contribution in [3.8, 4) is 0 Å². The lowest BCUT2D eigenvalue weighted by Gasteiger charge is -2.00. The fraction of sp³-hybridized carbons (Fsp3) is 0. The maximum Gasteiger partial charge on any atom is 0.614 e. The minimum absolute atomic E-state index is 0.0800. The molecule has 0 aromatic carbocycles. The van der Waals surface area contributed by atoms with Gasteiger partial charge in [-0.15, -0.1) is 0 Å². The molecule has 0 radical (unpaired) electrons. The fourth-order valence-electron chi connectivity index (χ4n) is 0.706. The second-order valence-corrected chi connectivity index (χ2v) is 4.31. The maximum atomic E-state index is 11.1. The summed E-state index contributed by atoms with van der Waals surface area (Å²) in [6.45, 7) is 0. The smallest absolute Gasteiger partial charge is 0.608 e. The second kappa shape index (κ2) is 3.97. The zero-order chi connectivity index (χ0) is 9.14. The second-order valence-electron chi connectivity index (χ2n) is 1.94. The Kier molecular flexibility index (Phi) is 3.19. The van der Waals surface area contributed by atoms with Crippen molar-refractivity contribution in [2.24, 2.45) is 0 Å². The highest BCUT2D eigenvalue weighted by atomic mass is 127. The lowest BCUT2D eigenvalue weighted by atomic mass is 10.3. The van der Waals surface area contributed by atoms with E-state index in [1.165, 1.54) is 0 Å². The van der Waals surface area contributed by atoms with E-state index in [-0.39, 0.29) is 17.2 Å². The zero-order valence-electron chi connectivity index (χ0n) is 6.00. The van der Waals surface area contributed by atoms with Crippen molar-refractivity contribution in [3.05, 3.63) is 5.56 Å². The highest BCUT2D eigenvalue weighted by Crippen LogP contribution is 2.15. The number of hydrogen-bond donors (Lipinski definition) is 3. The Morgan fingerprint density at radius 2 is 2.33 bits per heavy atom. The van der Waals surface area contributed by atoms with Gasteiger partial charge >= 0.3 is 18.2 Å². The van der Waals surface area contributed by atoms with Crippen LogP contribution in [0, 0.1) is 0 Å². The summed E-state index contributed by atoms with van der Waals surface area (Å²) in [7, 11) is 0. The number of nitrogens with zero attached hydrogens (tertiary/aromatic N) is 1. The Morgan fingerprint density at radius 1 is 1.67 bits per heavy atom. The van der Waals surface area contributed by atoms with Crippen molar-refractivity contribution in [2.45, 2.75) is 0 Å². The molecule has 1 heterocycles. The number of H-pyrrole nitrogens is 1. The molecular formula is C4H6AlIN4O2. The molecule has 0 saturated heterocycles. The molecule has 0 fully saturated rings. The van der Waals surface area contributed by atoms with E-state index >= 15 is 0 Å². The van der Waals surface area contributed by atoms with Crippen molar-refractivity contribution < 1.29 is 8.58 Å². The molecular weight excluding hydrogens is 290 g/mol. The number of carbonyl (C=O) groups is 1. The summed E-state index contributed by atoms with van der Waals surface area (Å²) in [5.74, 6) is -0.271. The predicted molar refractivity (Wildman–Crippen MR) is 54.0 cm³/mol. The van der Waals surface area contributed by atoms with Gasteiger partial charge in [-0.2, -0.15) is 25.4 Å². The first-order chi connectivity index (χ1) is 5.66. The third-order valence-corrected chi connectivity index (χ3v) is 2.52. The molecule has 12 heavy (non-hydrogen) atoms. The Labute approximate surface area is 85.7 Å². The number of halogens is 1. The van der Waals surface area contributed by atoms with E-state index in [4.69, 9.17) is 15.3 Å². The molecule has 0 amide bonds. The van der Waals surface area contributed by atoms with E-state index in [0.29, 0.717) is 0 Å². The minimum atomic E-state index is -0.820. The summed E-state index contributed by atoms with van der Waals surface area (Å²) in [4.78, 5) is 11.1. The lowest BCUT2D eigenvalue weighted by molar-refractivity contribution is 0.0750. The number of nitrogen functional groups attached to an aromatic ring is 2. The molecule has 0 aliphatic heterocycles. The van der Waals surface area contributed by atoms with Crippen molar-refractivity contribution >= 4 is 50.1 Å². The average molecular weight is 296 g/mol. The van der Waals surface area contributed by atoms with Crippen molar-refractivity contribution in [2.75, 3.05) is 11.5 Å². The first-order valence-electron chi connectivity index (χ1n) is 2.99. The first-order valence-corrected chi connectivity index (χ1v) is 8.68. The molecule has 6 nitrogen and oxygen atoms in total. The summed E-state index contributed by atoms with van der Waals surface area (Å²) in [5, 5.41) is 5.95. The van der Waals surface area contributed by atoms with Gasteiger partial charge in [-0.25, -0.2) is 4.79 Å². The normalized spacial score (nSPS) is 9.42. The SMILES string of the molecule is Nc1n[nH]c(N)c1C(=O)[O][AlH][I]. The number of aromatic amines is 1. The van der Waals surface area contributed by atoms with Gasteiger partial charge < -0.3 is 15.3 Å². The van der Waals surface area contributed by atoms with E-state index in [1.54, 1.807) is 0 Å². The van der Waals surface area contributed by atoms with Crippen LogP contribution in [0.5, 0.6) is 0 Å². The van der Waals surface area contributed by atoms with Gasteiger partial charge in [0.15, 0.2) is 5.82 Å². The summed E-state index contributed by atoms with van der Waals surface area (Å²) in [6.07, 6.45) is 0. The van der Waals surface area contributed by atoms with E-state index < -0.39 is 18.2 Å². The molecule has 1 aromatic rings. The van der Waals surface area contributed by atoms with Crippen LogP contribution in [0.15, 0.2) is 0 Å². The molecule has 0 unspecified atom stereocenters. The largest absolute Gasteiger partial charge is 0.614 e. The molecule has 8 heteroatoms. The van der Waals surface area contributed by atoms with Crippen LogP contribution < -0.4 is 11.5 Å². The minimum Gasteiger partial charge on any atom is -0.608 e. The number of aromatic nitrogens is 2. The molecule has 1 aromatic heterocycles. The number of carbonyl (C=O) groups excluding carboxylic acids is 1. The highest BCUT2D eigenvalue weighted by Gasteiger charge is 2.17. The zero-order valence-corrected chi connectivity index (χ0v) is 9.58. The van der Waals surface area contributed by atoms with Gasteiger partial charge in [0.25, 0.3) is 0 Å². The van der Waals surface area contributed by atoms with Crippen LogP contribution in [0.1, 0.15) is 10.4 Å². The van der Waals surface area contributed by atoms with Crippen molar-refractivity contribution in [3.63, 3.8) is 0 Å². The molecule has 0 atom stereocenters. The van der Waals surface area contributed by atoms with Crippen LogP contribution in [0.3, 0.4) is 0 Å². The molecule has 0 aliphatic carbocycles. The number of nitrogens with one attached hydrogen (secondary N) is 1. The van der Waals surface area contributed by atoms with Crippen LogP contribution >= 0.6 is 20.3 Å². The molecule has 0 saturated carbocycles. The topological polar surface area (TPSA) is 107 Å². The quantitative estimate of drug-likeness (QED) is 0.500. The van der Waals surface area contributed by atoms with E-state index in [1.807, 2.05) is 20.3 Å². The number of hydrogen-bond acceptors (Lipinski definition) is 5. The van der Waals surface area contributed by atoms with E-state index in [9.17, 15) is 4.79 Å². The number of rotatable bonds is 2. The molecule has 0 aliphatic rings. The highest BCUT2D eigenvalue weighted by molar-refractivity contribution is 14.1. The van der Waals surface area contributed by atoms with Gasteiger partial charge in [0.2, 0.25) is 0 Å². The summed E-state index contributed by atoms with van der Waals surface area (Å²) in [5.41, 5.74) is 10.9. The van der Waals surface area contributed by atoms with Gasteiger partial charge in [0.05, 0.1) is 0 Å². The molecule has 0 bridgehead atoms. The fourth-order valence-corrected chi connectivity index (χ4v) is 1.80. The Hall–Kier alpha value is -0.458. The summed E-state index contributed by atoms with van der Waals surface area (Å²) >= 11 is 1.21. The number of nitrogens with two attached hydrogens (primary N) is 2. The van der Waals surface area contributed by atoms with E-state index in [0.717, 1.165) is 0 Å². The standard InChI is InChI=1S/C4H6N4O2.Al.HI.H/c5-2-1(4(9)10)3(6)8-7-2;;;/h(H,9,10)(H5,5,6,7,8);;1H;/q;+2;;/p-2. The lowest BCUT2D eigenvalue weighted by Crippen LogP contribution is -2.09. The van der Waals surface area contributed by atoms with Gasteiger partial charge in [-0.1, -0.05) is 0 Å². The predicted octanol–water partition coefficient (Wildman–Crippen LogP) is -0.568. The molecule has 64 valence electrons. The van der Waals surface area contributed by atoms with Gasteiger partial charge in [-0.3, -0.25) is 5.10 Å². The first kappa shape index (κ1) is 9.63. The Morgan fingerprint density at radius 3 is 2.75 bits per heavy atom.